The first kappa shape index (κ1) is 12.6. The SMILES string of the molecule is O=C(c1nc2n(n1)C(c1ccccc1)C[C@H]2F)[C@@H]1C[C@@H]1F. The van der Waals surface area contributed by atoms with Crippen molar-refractivity contribution in [2.24, 2.45) is 5.92 Å². The molecule has 0 N–H and O–H groups in total. The second kappa shape index (κ2) is 4.44. The van der Waals surface area contributed by atoms with Gasteiger partial charge < -0.3 is 0 Å². The van der Waals surface area contributed by atoms with Gasteiger partial charge in [0, 0.05) is 6.42 Å². The Labute approximate surface area is 119 Å². The molecule has 108 valence electrons. The summed E-state index contributed by atoms with van der Waals surface area (Å²) < 4.78 is 28.6. The molecular formula is C15H13F2N3O. The van der Waals surface area contributed by atoms with Crippen molar-refractivity contribution in [1.29, 1.82) is 0 Å². The summed E-state index contributed by atoms with van der Waals surface area (Å²) in [5, 5.41) is 4.14. The summed E-state index contributed by atoms with van der Waals surface area (Å²) in [6.45, 7) is 0. The molecule has 0 bridgehead atoms. The average molecular weight is 289 g/mol. The molecule has 4 rings (SSSR count). The van der Waals surface area contributed by atoms with Crippen LogP contribution in [0.5, 0.6) is 0 Å². The molecule has 0 amide bonds. The van der Waals surface area contributed by atoms with Gasteiger partial charge in [0.25, 0.3) is 0 Å². The first-order chi connectivity index (χ1) is 10.1. The van der Waals surface area contributed by atoms with Crippen molar-refractivity contribution >= 4 is 5.78 Å². The number of alkyl halides is 2. The molecular weight excluding hydrogens is 276 g/mol. The van der Waals surface area contributed by atoms with Crippen LogP contribution in [0.25, 0.3) is 0 Å². The van der Waals surface area contributed by atoms with Crippen molar-refractivity contribution in [3.8, 4) is 0 Å². The number of hydrogen-bond acceptors (Lipinski definition) is 3. The second-order valence-corrected chi connectivity index (χ2v) is 5.59. The number of hydrogen-bond donors (Lipinski definition) is 0. The Morgan fingerprint density at radius 3 is 2.57 bits per heavy atom. The summed E-state index contributed by atoms with van der Waals surface area (Å²) in [7, 11) is 0. The molecule has 1 aromatic heterocycles. The van der Waals surface area contributed by atoms with Crippen molar-refractivity contribution in [1.82, 2.24) is 14.8 Å². The molecule has 1 aliphatic carbocycles. The number of ketones is 1. The topological polar surface area (TPSA) is 47.8 Å². The Balaban J connectivity index is 1.69. The van der Waals surface area contributed by atoms with Gasteiger partial charge in [0.15, 0.2) is 12.0 Å². The van der Waals surface area contributed by atoms with Gasteiger partial charge in [-0.05, 0) is 12.0 Å². The van der Waals surface area contributed by atoms with Gasteiger partial charge in [-0.1, -0.05) is 30.3 Å². The third-order valence-electron chi connectivity index (χ3n) is 4.12. The van der Waals surface area contributed by atoms with E-state index < -0.39 is 24.0 Å². The molecule has 6 heteroatoms. The van der Waals surface area contributed by atoms with E-state index in [-0.39, 0.29) is 30.5 Å². The van der Waals surface area contributed by atoms with E-state index in [1.165, 1.54) is 4.68 Å². The minimum atomic E-state index is -1.25. The zero-order valence-corrected chi connectivity index (χ0v) is 11.1. The zero-order valence-electron chi connectivity index (χ0n) is 11.1. The Bertz CT molecular complexity index is 700. The van der Waals surface area contributed by atoms with E-state index >= 15 is 0 Å². The van der Waals surface area contributed by atoms with Crippen LogP contribution < -0.4 is 0 Å². The Hall–Kier alpha value is -2.11. The van der Waals surface area contributed by atoms with Gasteiger partial charge in [-0.25, -0.2) is 18.4 Å². The molecule has 0 spiro atoms. The molecule has 1 aromatic carbocycles. The Morgan fingerprint density at radius 1 is 1.19 bits per heavy atom. The third-order valence-corrected chi connectivity index (χ3v) is 4.12. The molecule has 1 unspecified atom stereocenters. The number of rotatable bonds is 3. The number of aromatic nitrogens is 3. The van der Waals surface area contributed by atoms with Crippen LogP contribution in [0.1, 0.15) is 47.1 Å². The maximum atomic E-state index is 14.1. The van der Waals surface area contributed by atoms with Crippen LogP contribution >= 0.6 is 0 Å². The molecule has 2 aliphatic rings. The summed E-state index contributed by atoms with van der Waals surface area (Å²) in [5.41, 5.74) is 0.928. The number of fused-ring (bicyclic) bond motifs is 1. The highest BCUT2D eigenvalue weighted by Gasteiger charge is 2.46. The van der Waals surface area contributed by atoms with Gasteiger partial charge in [-0.2, -0.15) is 0 Å². The molecule has 4 atom stereocenters. The van der Waals surface area contributed by atoms with E-state index in [0.29, 0.717) is 0 Å². The molecule has 2 aromatic rings. The van der Waals surface area contributed by atoms with E-state index in [4.69, 9.17) is 0 Å². The number of carbonyl (C=O) groups is 1. The minimum absolute atomic E-state index is 0.0570. The van der Waals surface area contributed by atoms with Crippen LogP contribution in [0, 0.1) is 5.92 Å². The second-order valence-electron chi connectivity index (χ2n) is 5.59. The third kappa shape index (κ3) is 1.97. The molecule has 1 saturated carbocycles. The monoisotopic (exact) mass is 289 g/mol. The summed E-state index contributed by atoms with van der Waals surface area (Å²) in [6, 6.07) is 9.17. The molecule has 0 radical (unpaired) electrons. The van der Waals surface area contributed by atoms with E-state index in [2.05, 4.69) is 10.1 Å². The summed E-state index contributed by atoms with van der Waals surface area (Å²) in [6.07, 6.45) is -1.85. The van der Waals surface area contributed by atoms with Crippen molar-refractivity contribution in [3.05, 3.63) is 47.5 Å². The average Bonchev–Trinajstić information content (AvgIpc) is 2.95. The van der Waals surface area contributed by atoms with E-state index in [0.717, 1.165) is 5.56 Å². The lowest BCUT2D eigenvalue weighted by atomic mass is 10.0. The first-order valence-corrected chi connectivity index (χ1v) is 6.99. The van der Waals surface area contributed by atoms with Gasteiger partial charge in [-0.15, -0.1) is 5.10 Å². The van der Waals surface area contributed by atoms with Crippen molar-refractivity contribution in [3.63, 3.8) is 0 Å². The lowest BCUT2D eigenvalue weighted by Crippen LogP contribution is -2.11. The highest BCUT2D eigenvalue weighted by atomic mass is 19.1. The summed E-state index contributed by atoms with van der Waals surface area (Å²) in [5.74, 6) is -0.938. The number of Topliss-reactive ketones (excluding diaryl/α,β-unsaturated/α-hetero) is 1. The van der Waals surface area contributed by atoms with Crippen molar-refractivity contribution < 1.29 is 13.6 Å². The first-order valence-electron chi connectivity index (χ1n) is 6.99. The van der Waals surface area contributed by atoms with E-state index in [1.807, 2.05) is 30.3 Å². The zero-order chi connectivity index (χ0) is 14.6. The predicted octanol–water partition coefficient (Wildman–Crippen LogP) is 2.82. The molecule has 1 aliphatic heterocycles. The fraction of sp³-hybridized carbons (Fsp3) is 0.400. The molecule has 2 heterocycles. The minimum Gasteiger partial charge on any atom is -0.290 e. The summed E-state index contributed by atoms with van der Waals surface area (Å²) >= 11 is 0. The fourth-order valence-corrected chi connectivity index (χ4v) is 2.84. The quantitative estimate of drug-likeness (QED) is 0.816. The maximum Gasteiger partial charge on any atom is 0.218 e. The number of halogens is 2. The largest absolute Gasteiger partial charge is 0.290 e. The molecule has 4 nitrogen and oxygen atoms in total. The molecule has 21 heavy (non-hydrogen) atoms. The van der Waals surface area contributed by atoms with Gasteiger partial charge in [0.05, 0.1) is 12.0 Å². The van der Waals surface area contributed by atoms with Gasteiger partial charge >= 0.3 is 0 Å². The number of benzene rings is 1. The lowest BCUT2D eigenvalue weighted by Gasteiger charge is -2.11. The van der Waals surface area contributed by atoms with Crippen LogP contribution in [0.4, 0.5) is 8.78 Å². The Kier molecular flexibility index (Phi) is 2.67. The predicted molar refractivity (Wildman–Crippen MR) is 70.4 cm³/mol. The summed E-state index contributed by atoms with van der Waals surface area (Å²) in [4.78, 5) is 16.0. The van der Waals surface area contributed by atoms with Gasteiger partial charge in [0.1, 0.15) is 6.17 Å². The van der Waals surface area contributed by atoms with Crippen LogP contribution in [-0.4, -0.2) is 26.7 Å². The highest BCUT2D eigenvalue weighted by molar-refractivity contribution is 5.96. The lowest BCUT2D eigenvalue weighted by molar-refractivity contribution is 0.0946. The van der Waals surface area contributed by atoms with Gasteiger partial charge in [-0.3, -0.25) is 4.79 Å². The van der Waals surface area contributed by atoms with Crippen LogP contribution in [0.3, 0.4) is 0 Å². The van der Waals surface area contributed by atoms with Crippen molar-refractivity contribution in [2.45, 2.75) is 31.2 Å². The Morgan fingerprint density at radius 2 is 1.90 bits per heavy atom. The van der Waals surface area contributed by atoms with Gasteiger partial charge in [0.2, 0.25) is 11.6 Å². The van der Waals surface area contributed by atoms with Crippen LogP contribution in [0.2, 0.25) is 0 Å². The van der Waals surface area contributed by atoms with E-state index in [1.54, 1.807) is 0 Å². The highest BCUT2D eigenvalue weighted by Crippen LogP contribution is 2.41. The maximum absolute atomic E-state index is 14.1. The number of nitrogens with zero attached hydrogens (tertiary/aromatic N) is 3. The number of carbonyl (C=O) groups excluding carboxylic acids is 1. The smallest absolute Gasteiger partial charge is 0.218 e. The fourth-order valence-electron chi connectivity index (χ4n) is 2.84. The van der Waals surface area contributed by atoms with Crippen molar-refractivity contribution in [2.75, 3.05) is 0 Å². The normalized spacial score (nSPS) is 30.2. The molecule has 1 fully saturated rings. The van der Waals surface area contributed by atoms with Crippen LogP contribution in [-0.2, 0) is 0 Å². The van der Waals surface area contributed by atoms with E-state index in [9.17, 15) is 13.6 Å². The van der Waals surface area contributed by atoms with Crippen LogP contribution in [0.15, 0.2) is 30.3 Å². The standard InChI is InChI=1S/C15H13F2N3O/c16-10-6-9(10)13(21)14-18-15-11(17)7-12(20(15)19-14)8-4-2-1-3-5-8/h1-5,9-12H,6-7H2/t9-,10+,11-,12?/m1/s1. The molecule has 0 saturated heterocycles.